The van der Waals surface area contributed by atoms with Gasteiger partial charge in [-0.15, -0.1) is 0 Å². The van der Waals surface area contributed by atoms with Crippen molar-refractivity contribution in [3.8, 4) is 0 Å². The van der Waals surface area contributed by atoms with Crippen LogP contribution in [0.1, 0.15) is 13.8 Å². The van der Waals surface area contributed by atoms with Crippen LogP contribution in [0, 0.1) is 0 Å². The zero-order valence-electron chi connectivity index (χ0n) is 6.20. The Hall–Kier alpha value is -0.0900. The van der Waals surface area contributed by atoms with Gasteiger partial charge in [-0.1, -0.05) is 0 Å². The molecule has 3 nitrogen and oxygen atoms in total. The molecule has 0 spiro atoms. The summed E-state index contributed by atoms with van der Waals surface area (Å²) in [6.07, 6.45) is -0.262. The van der Waals surface area contributed by atoms with Crippen LogP contribution >= 0.6 is 0 Å². The van der Waals surface area contributed by atoms with E-state index in [9.17, 15) is 8.42 Å². The van der Waals surface area contributed by atoms with Gasteiger partial charge in [0.05, 0.1) is 23.7 Å². The van der Waals surface area contributed by atoms with Gasteiger partial charge in [-0.3, -0.25) is 0 Å². The van der Waals surface area contributed by atoms with Gasteiger partial charge >= 0.3 is 0 Å². The molecule has 10 heavy (non-hydrogen) atoms. The van der Waals surface area contributed by atoms with E-state index in [2.05, 4.69) is 0 Å². The summed E-state index contributed by atoms with van der Waals surface area (Å²) in [5, 5.41) is 0. The molecule has 0 radical (unpaired) electrons. The molecular weight excluding hydrogens is 152 g/mol. The topological polar surface area (TPSA) is 43.4 Å². The zero-order chi connectivity index (χ0) is 7.78. The van der Waals surface area contributed by atoms with Crippen LogP contribution in [0.3, 0.4) is 0 Å². The minimum absolute atomic E-state index is 0.131. The lowest BCUT2D eigenvalue weighted by Gasteiger charge is -2.24. The van der Waals surface area contributed by atoms with Crippen molar-refractivity contribution in [2.24, 2.45) is 0 Å². The molecule has 0 bridgehead atoms. The third-order valence-electron chi connectivity index (χ3n) is 1.44. The van der Waals surface area contributed by atoms with Gasteiger partial charge in [0.25, 0.3) is 0 Å². The van der Waals surface area contributed by atoms with Gasteiger partial charge in [0.15, 0.2) is 9.84 Å². The SMILES string of the molecule is C[C@@H]1CS(=O)(=O)C[C@H](C)O1. The van der Waals surface area contributed by atoms with Gasteiger partial charge in [-0.25, -0.2) is 8.42 Å². The molecule has 60 valence electrons. The van der Waals surface area contributed by atoms with Crippen LogP contribution in [0.5, 0.6) is 0 Å². The average molecular weight is 164 g/mol. The summed E-state index contributed by atoms with van der Waals surface area (Å²) in [5.41, 5.74) is 0. The lowest BCUT2D eigenvalue weighted by atomic mass is 10.4. The first-order valence-corrected chi connectivity index (χ1v) is 5.17. The van der Waals surface area contributed by atoms with Crippen LogP contribution in [-0.4, -0.2) is 32.1 Å². The predicted octanol–water partition coefficient (Wildman–Crippen LogP) is 0.208. The lowest BCUT2D eigenvalue weighted by molar-refractivity contribution is 0.0256. The van der Waals surface area contributed by atoms with Gasteiger partial charge in [0.2, 0.25) is 0 Å². The van der Waals surface area contributed by atoms with Crippen molar-refractivity contribution in [3.05, 3.63) is 0 Å². The van der Waals surface area contributed by atoms with Crippen molar-refractivity contribution < 1.29 is 13.2 Å². The van der Waals surface area contributed by atoms with Crippen molar-refractivity contribution in [3.63, 3.8) is 0 Å². The molecule has 2 atom stereocenters. The highest BCUT2D eigenvalue weighted by molar-refractivity contribution is 7.91. The van der Waals surface area contributed by atoms with Crippen LogP contribution in [0.2, 0.25) is 0 Å². The van der Waals surface area contributed by atoms with E-state index >= 15 is 0 Å². The fourth-order valence-corrected chi connectivity index (χ4v) is 2.98. The van der Waals surface area contributed by atoms with Crippen LogP contribution < -0.4 is 0 Å². The number of rotatable bonds is 0. The first-order valence-electron chi connectivity index (χ1n) is 3.35. The van der Waals surface area contributed by atoms with Crippen LogP contribution in [-0.2, 0) is 14.6 Å². The van der Waals surface area contributed by atoms with Crippen LogP contribution in [0.4, 0.5) is 0 Å². The minimum Gasteiger partial charge on any atom is -0.373 e. The Morgan fingerprint density at radius 3 is 1.90 bits per heavy atom. The Labute approximate surface area is 61.3 Å². The molecular formula is C6H12O3S. The average Bonchev–Trinajstić information content (AvgIpc) is 1.54. The molecule has 1 aliphatic rings. The predicted molar refractivity (Wildman–Crippen MR) is 38.7 cm³/mol. The highest BCUT2D eigenvalue weighted by Crippen LogP contribution is 2.11. The quantitative estimate of drug-likeness (QED) is 0.514. The number of hydrogen-bond donors (Lipinski definition) is 0. The first kappa shape index (κ1) is 8.01. The van der Waals surface area contributed by atoms with Gasteiger partial charge in [0, 0.05) is 0 Å². The molecule has 0 saturated carbocycles. The van der Waals surface area contributed by atoms with E-state index in [4.69, 9.17) is 4.74 Å². The zero-order valence-corrected chi connectivity index (χ0v) is 7.02. The van der Waals surface area contributed by atoms with Crippen molar-refractivity contribution in [2.45, 2.75) is 26.1 Å². The monoisotopic (exact) mass is 164 g/mol. The Bertz CT molecular complexity index is 191. The van der Waals surface area contributed by atoms with E-state index < -0.39 is 9.84 Å². The normalized spacial score (nSPS) is 39.4. The largest absolute Gasteiger partial charge is 0.373 e. The van der Waals surface area contributed by atoms with Gasteiger partial charge in [0.1, 0.15) is 0 Å². The van der Waals surface area contributed by atoms with Gasteiger partial charge < -0.3 is 4.74 Å². The molecule has 0 N–H and O–H groups in total. The Balaban J connectivity index is 2.69. The number of hydrogen-bond acceptors (Lipinski definition) is 3. The molecule has 1 heterocycles. The fourth-order valence-electron chi connectivity index (χ4n) is 1.26. The molecule has 0 amide bonds. The highest BCUT2D eigenvalue weighted by atomic mass is 32.2. The van der Waals surface area contributed by atoms with Crippen LogP contribution in [0.15, 0.2) is 0 Å². The van der Waals surface area contributed by atoms with Crippen molar-refractivity contribution in [1.29, 1.82) is 0 Å². The first-order chi connectivity index (χ1) is 4.49. The Morgan fingerprint density at radius 1 is 1.20 bits per heavy atom. The van der Waals surface area contributed by atoms with Gasteiger partial charge in [-0.05, 0) is 13.8 Å². The number of sulfone groups is 1. The lowest BCUT2D eigenvalue weighted by Crippen LogP contribution is -2.37. The Morgan fingerprint density at radius 2 is 1.60 bits per heavy atom. The second-order valence-corrected chi connectivity index (χ2v) is 4.99. The van der Waals surface area contributed by atoms with E-state index in [-0.39, 0.29) is 23.7 Å². The third-order valence-corrected chi connectivity index (χ3v) is 3.40. The van der Waals surface area contributed by atoms with Crippen molar-refractivity contribution in [2.75, 3.05) is 11.5 Å². The Kier molecular flexibility index (Phi) is 2.01. The molecule has 1 saturated heterocycles. The fraction of sp³-hybridized carbons (Fsp3) is 1.00. The standard InChI is InChI=1S/C6H12O3S/c1-5-3-10(7,8)4-6(2)9-5/h5-6H,3-4H2,1-2H3/t5-,6+. The second kappa shape index (κ2) is 2.51. The summed E-state index contributed by atoms with van der Waals surface area (Å²) in [6, 6.07) is 0. The number of ether oxygens (including phenoxy) is 1. The maximum Gasteiger partial charge on any atom is 0.155 e. The highest BCUT2D eigenvalue weighted by Gasteiger charge is 2.26. The summed E-state index contributed by atoms with van der Waals surface area (Å²) in [6.45, 7) is 3.57. The summed E-state index contributed by atoms with van der Waals surface area (Å²) >= 11 is 0. The summed E-state index contributed by atoms with van der Waals surface area (Å²) in [7, 11) is -2.81. The molecule has 1 rings (SSSR count). The summed E-state index contributed by atoms with van der Waals surface area (Å²) in [4.78, 5) is 0. The van der Waals surface area contributed by atoms with Crippen molar-refractivity contribution in [1.82, 2.24) is 0 Å². The molecule has 0 aromatic heterocycles. The summed E-state index contributed by atoms with van der Waals surface area (Å²) < 4.78 is 27.2. The third kappa shape index (κ3) is 1.95. The molecule has 4 heteroatoms. The van der Waals surface area contributed by atoms with Crippen molar-refractivity contribution >= 4 is 9.84 Å². The maximum absolute atomic E-state index is 11.0. The molecule has 0 aromatic rings. The molecule has 1 aliphatic heterocycles. The smallest absolute Gasteiger partial charge is 0.155 e. The van der Waals surface area contributed by atoms with E-state index in [1.54, 1.807) is 13.8 Å². The van der Waals surface area contributed by atoms with E-state index in [1.165, 1.54) is 0 Å². The molecule has 0 aliphatic carbocycles. The second-order valence-electron chi connectivity index (χ2n) is 2.83. The summed E-state index contributed by atoms with van der Waals surface area (Å²) in [5.74, 6) is 0.356. The molecule has 0 unspecified atom stereocenters. The van der Waals surface area contributed by atoms with Gasteiger partial charge in [-0.2, -0.15) is 0 Å². The molecule has 1 fully saturated rings. The molecule has 0 aromatic carbocycles. The van der Waals surface area contributed by atoms with E-state index in [1.807, 2.05) is 0 Å². The van der Waals surface area contributed by atoms with E-state index in [0.717, 1.165) is 0 Å². The maximum atomic E-state index is 11.0. The van der Waals surface area contributed by atoms with E-state index in [0.29, 0.717) is 0 Å². The van der Waals surface area contributed by atoms with Crippen LogP contribution in [0.25, 0.3) is 0 Å². The minimum atomic E-state index is -2.81.